The first-order valence-corrected chi connectivity index (χ1v) is 8.45. The maximum absolute atomic E-state index is 12.1. The number of nitrogens with zero attached hydrogens (tertiary/aromatic N) is 1. The number of benzene rings is 1. The molecule has 2 amide bonds. The van der Waals surface area contributed by atoms with Crippen LogP contribution in [0.3, 0.4) is 0 Å². The number of piperidine rings is 1. The lowest BCUT2D eigenvalue weighted by Crippen LogP contribution is -2.46. The quantitative estimate of drug-likeness (QED) is 0.845. The van der Waals surface area contributed by atoms with Gasteiger partial charge < -0.3 is 10.6 Å². The molecule has 0 radical (unpaired) electrons. The molecule has 5 nitrogen and oxygen atoms in total. The zero-order valence-corrected chi connectivity index (χ0v) is 14.1. The Labute approximate surface area is 138 Å². The first-order chi connectivity index (χ1) is 11.1. The molecule has 2 N–H and O–H groups in total. The monoisotopic (exact) mass is 317 g/mol. The number of hydrogen-bond donors (Lipinski definition) is 2. The van der Waals surface area contributed by atoms with E-state index < -0.39 is 0 Å². The number of carbonyl (C=O) groups is 2. The standard InChI is InChI=1S/C18H27N3O2/c1-3-21-11-5-4-6-17(21)13-19-18(23)12-15-7-9-16(10-8-15)20-14(2)22/h7-10,17H,3-6,11-13H2,1-2H3,(H,19,23)(H,20,22)/t17-/m1/s1. The number of hydrogen-bond acceptors (Lipinski definition) is 3. The fourth-order valence-electron chi connectivity index (χ4n) is 3.10. The van der Waals surface area contributed by atoms with Gasteiger partial charge in [0, 0.05) is 25.2 Å². The molecule has 1 saturated heterocycles. The number of carbonyl (C=O) groups excluding carboxylic acids is 2. The van der Waals surface area contributed by atoms with Crippen molar-refractivity contribution in [2.24, 2.45) is 0 Å². The minimum Gasteiger partial charge on any atom is -0.354 e. The van der Waals surface area contributed by atoms with Crippen molar-refractivity contribution >= 4 is 17.5 Å². The van der Waals surface area contributed by atoms with E-state index in [9.17, 15) is 9.59 Å². The first-order valence-electron chi connectivity index (χ1n) is 8.45. The molecule has 1 aromatic rings. The smallest absolute Gasteiger partial charge is 0.224 e. The second-order valence-electron chi connectivity index (χ2n) is 6.14. The van der Waals surface area contributed by atoms with Crippen molar-refractivity contribution in [3.8, 4) is 0 Å². The van der Waals surface area contributed by atoms with Crippen molar-refractivity contribution in [3.05, 3.63) is 29.8 Å². The van der Waals surface area contributed by atoms with E-state index in [1.165, 1.54) is 26.2 Å². The summed E-state index contributed by atoms with van der Waals surface area (Å²) in [5.41, 5.74) is 1.70. The molecule has 0 aromatic heterocycles. The summed E-state index contributed by atoms with van der Waals surface area (Å²) >= 11 is 0. The highest BCUT2D eigenvalue weighted by Gasteiger charge is 2.21. The van der Waals surface area contributed by atoms with Crippen molar-refractivity contribution in [2.75, 3.05) is 25.0 Å². The molecule has 0 spiro atoms. The average Bonchev–Trinajstić information content (AvgIpc) is 2.54. The van der Waals surface area contributed by atoms with Gasteiger partial charge in [-0.3, -0.25) is 14.5 Å². The van der Waals surface area contributed by atoms with Crippen LogP contribution in [0.15, 0.2) is 24.3 Å². The lowest BCUT2D eigenvalue weighted by atomic mass is 10.0. The van der Waals surface area contributed by atoms with Crippen LogP contribution >= 0.6 is 0 Å². The fraction of sp³-hybridized carbons (Fsp3) is 0.556. The summed E-state index contributed by atoms with van der Waals surface area (Å²) in [5.74, 6) is -0.0395. The maximum Gasteiger partial charge on any atom is 0.224 e. The Morgan fingerprint density at radius 2 is 1.96 bits per heavy atom. The fourth-order valence-corrected chi connectivity index (χ4v) is 3.10. The maximum atomic E-state index is 12.1. The van der Waals surface area contributed by atoms with Gasteiger partial charge in [-0.15, -0.1) is 0 Å². The normalized spacial score (nSPS) is 18.4. The molecule has 1 atom stereocenters. The number of nitrogens with one attached hydrogen (secondary N) is 2. The van der Waals surface area contributed by atoms with E-state index in [2.05, 4.69) is 22.5 Å². The predicted octanol–water partition coefficient (Wildman–Crippen LogP) is 2.18. The molecule has 0 unspecified atom stereocenters. The number of rotatable bonds is 6. The van der Waals surface area contributed by atoms with Gasteiger partial charge in [-0.2, -0.15) is 0 Å². The van der Waals surface area contributed by atoms with Crippen LogP contribution < -0.4 is 10.6 Å². The van der Waals surface area contributed by atoms with Crippen LogP contribution in [0.25, 0.3) is 0 Å². The van der Waals surface area contributed by atoms with Crippen LogP contribution in [-0.4, -0.2) is 42.4 Å². The third-order valence-corrected chi connectivity index (χ3v) is 4.33. The van der Waals surface area contributed by atoms with Crippen molar-refractivity contribution in [3.63, 3.8) is 0 Å². The molecular formula is C18H27N3O2. The van der Waals surface area contributed by atoms with Gasteiger partial charge in [0.25, 0.3) is 0 Å². The van der Waals surface area contributed by atoms with Crippen LogP contribution in [0.5, 0.6) is 0 Å². The van der Waals surface area contributed by atoms with Crippen LogP contribution in [0.2, 0.25) is 0 Å². The highest BCUT2D eigenvalue weighted by molar-refractivity contribution is 5.88. The molecule has 23 heavy (non-hydrogen) atoms. The van der Waals surface area contributed by atoms with Gasteiger partial charge in [-0.05, 0) is 43.6 Å². The molecule has 1 aliphatic heterocycles. The van der Waals surface area contributed by atoms with E-state index in [4.69, 9.17) is 0 Å². The molecule has 0 bridgehead atoms. The molecule has 2 rings (SSSR count). The Balaban J connectivity index is 1.79. The zero-order valence-electron chi connectivity index (χ0n) is 14.1. The summed E-state index contributed by atoms with van der Waals surface area (Å²) < 4.78 is 0. The Bertz CT molecular complexity index is 528. The SMILES string of the molecule is CCN1CCCC[C@@H]1CNC(=O)Cc1ccc(NC(C)=O)cc1. The highest BCUT2D eigenvalue weighted by Crippen LogP contribution is 2.16. The second kappa shape index (κ2) is 8.67. The summed E-state index contributed by atoms with van der Waals surface area (Å²) in [6, 6.07) is 7.88. The van der Waals surface area contributed by atoms with Gasteiger partial charge in [-0.25, -0.2) is 0 Å². The van der Waals surface area contributed by atoms with E-state index in [1.807, 2.05) is 24.3 Å². The lowest BCUT2D eigenvalue weighted by Gasteiger charge is -2.34. The third kappa shape index (κ3) is 5.67. The lowest BCUT2D eigenvalue weighted by molar-refractivity contribution is -0.120. The molecule has 1 fully saturated rings. The molecule has 0 saturated carbocycles. The first kappa shape index (κ1) is 17.5. The summed E-state index contributed by atoms with van der Waals surface area (Å²) in [6.07, 6.45) is 4.05. The van der Waals surface area contributed by atoms with Gasteiger partial charge >= 0.3 is 0 Å². The number of amides is 2. The van der Waals surface area contributed by atoms with Crippen LogP contribution in [0.1, 0.15) is 38.7 Å². The summed E-state index contributed by atoms with van der Waals surface area (Å²) in [7, 11) is 0. The highest BCUT2D eigenvalue weighted by atomic mass is 16.2. The molecule has 0 aliphatic carbocycles. The average molecular weight is 317 g/mol. The topological polar surface area (TPSA) is 61.4 Å². The Hall–Kier alpha value is -1.88. The van der Waals surface area contributed by atoms with E-state index >= 15 is 0 Å². The molecule has 5 heteroatoms. The molecule has 1 aromatic carbocycles. The second-order valence-corrected chi connectivity index (χ2v) is 6.14. The largest absolute Gasteiger partial charge is 0.354 e. The van der Waals surface area contributed by atoms with Crippen molar-refractivity contribution in [2.45, 2.75) is 45.6 Å². The van der Waals surface area contributed by atoms with E-state index in [0.29, 0.717) is 12.5 Å². The third-order valence-electron chi connectivity index (χ3n) is 4.33. The Morgan fingerprint density at radius 1 is 1.22 bits per heavy atom. The zero-order chi connectivity index (χ0) is 16.7. The predicted molar refractivity (Wildman–Crippen MR) is 92.3 cm³/mol. The van der Waals surface area contributed by atoms with Gasteiger partial charge in [0.1, 0.15) is 0 Å². The Kier molecular flexibility index (Phi) is 6.59. The van der Waals surface area contributed by atoms with E-state index in [0.717, 1.165) is 30.9 Å². The Morgan fingerprint density at radius 3 is 2.61 bits per heavy atom. The number of anilines is 1. The molecule has 1 aliphatic rings. The minimum absolute atomic E-state index is 0.0545. The molecule has 126 valence electrons. The number of likely N-dealkylation sites (N-methyl/N-ethyl adjacent to an activating group) is 1. The van der Waals surface area contributed by atoms with Crippen molar-refractivity contribution < 1.29 is 9.59 Å². The van der Waals surface area contributed by atoms with E-state index in [1.54, 1.807) is 0 Å². The van der Waals surface area contributed by atoms with Gasteiger partial charge in [0.05, 0.1) is 6.42 Å². The van der Waals surface area contributed by atoms with Crippen molar-refractivity contribution in [1.82, 2.24) is 10.2 Å². The summed E-state index contributed by atoms with van der Waals surface area (Å²) in [5, 5.41) is 5.78. The van der Waals surface area contributed by atoms with Gasteiger partial charge in [0.15, 0.2) is 0 Å². The van der Waals surface area contributed by atoms with Gasteiger partial charge in [-0.1, -0.05) is 25.5 Å². The summed E-state index contributed by atoms with van der Waals surface area (Å²) in [4.78, 5) is 25.5. The van der Waals surface area contributed by atoms with Gasteiger partial charge in [0.2, 0.25) is 11.8 Å². The molecule has 1 heterocycles. The number of likely N-dealkylation sites (tertiary alicyclic amines) is 1. The van der Waals surface area contributed by atoms with E-state index in [-0.39, 0.29) is 11.8 Å². The minimum atomic E-state index is -0.0940. The summed E-state index contributed by atoms with van der Waals surface area (Å²) in [6.45, 7) is 6.58. The van der Waals surface area contributed by atoms with Crippen molar-refractivity contribution in [1.29, 1.82) is 0 Å². The van der Waals surface area contributed by atoms with Crippen LogP contribution in [0.4, 0.5) is 5.69 Å². The molecular weight excluding hydrogens is 290 g/mol. The van der Waals surface area contributed by atoms with Crippen LogP contribution in [0, 0.1) is 0 Å². The van der Waals surface area contributed by atoms with Crippen LogP contribution in [-0.2, 0) is 16.0 Å².